The second kappa shape index (κ2) is 11.4. The third kappa shape index (κ3) is 15.8. The molecule has 1 heterocycles. The fourth-order valence-electron chi connectivity index (χ4n) is 2.85. The van der Waals surface area contributed by atoms with Crippen molar-refractivity contribution in [1.82, 2.24) is 0 Å². The van der Waals surface area contributed by atoms with E-state index in [1.165, 1.54) is 70.9 Å². The van der Waals surface area contributed by atoms with E-state index in [9.17, 15) is 17.3 Å². The van der Waals surface area contributed by atoms with Gasteiger partial charge in [-0.25, -0.2) is 0 Å². The maximum Gasteiger partial charge on any atom is 0.673 e. The zero-order valence-electron chi connectivity index (χ0n) is 12.9. The van der Waals surface area contributed by atoms with Crippen LogP contribution in [-0.4, -0.2) is 27.4 Å². The van der Waals surface area contributed by atoms with Crippen molar-refractivity contribution >= 4 is 7.25 Å². The van der Waals surface area contributed by atoms with E-state index in [1.54, 1.807) is 4.90 Å². The molecule has 0 aromatic carbocycles. The molecule has 1 fully saturated rings. The van der Waals surface area contributed by atoms with Gasteiger partial charge in [-0.1, -0.05) is 45.4 Å². The lowest BCUT2D eigenvalue weighted by atomic mass is 9.92. The van der Waals surface area contributed by atoms with Crippen molar-refractivity contribution in [2.24, 2.45) is 5.92 Å². The monoisotopic (exact) mass is 299 g/mol. The number of quaternary nitrogens is 1. The SMILES string of the molecule is CCCCCCCCC1CCC[NH+](C)C1.F[B-](F)(F)F. The molecular weight excluding hydrogens is 269 g/mol. The standard InChI is InChI=1S/C14H29N.BF4/c1-3-4-5-6-7-8-10-14-11-9-12-15(2)13-14;2-1(3,4)5/h14H,3-13H2,1-2H3;/q;-1/p+1. The van der Waals surface area contributed by atoms with Crippen LogP contribution in [0.4, 0.5) is 17.3 Å². The molecule has 1 aliphatic heterocycles. The molecular formula is C14H30BF4N. The molecule has 0 aliphatic carbocycles. The summed E-state index contributed by atoms with van der Waals surface area (Å²) in [6.45, 7) is 5.14. The van der Waals surface area contributed by atoms with Crippen LogP contribution < -0.4 is 4.90 Å². The highest BCUT2D eigenvalue weighted by Gasteiger charge is 2.20. The zero-order chi connectivity index (χ0) is 15.4. The van der Waals surface area contributed by atoms with E-state index in [1.807, 2.05) is 0 Å². The van der Waals surface area contributed by atoms with Gasteiger partial charge in [-0.15, -0.1) is 0 Å². The summed E-state index contributed by atoms with van der Waals surface area (Å²) >= 11 is 0. The molecule has 0 aromatic rings. The third-order valence-corrected chi connectivity index (χ3v) is 3.82. The lowest BCUT2D eigenvalue weighted by molar-refractivity contribution is -0.888. The average molecular weight is 299 g/mol. The highest BCUT2D eigenvalue weighted by Crippen LogP contribution is 2.16. The van der Waals surface area contributed by atoms with Gasteiger partial charge in [0.25, 0.3) is 0 Å². The van der Waals surface area contributed by atoms with Crippen LogP contribution in [0, 0.1) is 5.92 Å². The molecule has 1 N–H and O–H groups in total. The van der Waals surface area contributed by atoms with Crippen molar-refractivity contribution < 1.29 is 22.2 Å². The van der Waals surface area contributed by atoms with Gasteiger partial charge >= 0.3 is 7.25 Å². The van der Waals surface area contributed by atoms with Crippen molar-refractivity contribution in [3.8, 4) is 0 Å². The summed E-state index contributed by atoms with van der Waals surface area (Å²) < 4.78 is 39.0. The van der Waals surface area contributed by atoms with Gasteiger partial charge in [0.2, 0.25) is 0 Å². The van der Waals surface area contributed by atoms with Crippen LogP contribution in [0.3, 0.4) is 0 Å². The van der Waals surface area contributed by atoms with Gasteiger partial charge in [-0.2, -0.15) is 0 Å². The van der Waals surface area contributed by atoms with Crippen LogP contribution in [0.15, 0.2) is 0 Å². The van der Waals surface area contributed by atoms with E-state index < -0.39 is 7.25 Å². The molecule has 122 valence electrons. The molecule has 0 amide bonds. The summed E-state index contributed by atoms with van der Waals surface area (Å²) in [7, 11) is -3.65. The van der Waals surface area contributed by atoms with Crippen LogP contribution in [0.2, 0.25) is 0 Å². The summed E-state index contributed by atoms with van der Waals surface area (Å²) in [5.41, 5.74) is 0. The molecule has 1 saturated heterocycles. The minimum atomic E-state index is -6.00. The molecule has 1 rings (SSSR count). The first-order chi connectivity index (χ1) is 9.33. The molecule has 0 spiro atoms. The lowest BCUT2D eigenvalue weighted by Gasteiger charge is -2.26. The zero-order valence-corrected chi connectivity index (χ0v) is 12.9. The Balaban J connectivity index is 0.000000621. The Morgan fingerprint density at radius 3 is 2.10 bits per heavy atom. The summed E-state index contributed by atoms with van der Waals surface area (Å²) in [5, 5.41) is 0. The normalized spacial score (nSPS) is 23.1. The lowest BCUT2D eigenvalue weighted by Crippen LogP contribution is -3.10. The highest BCUT2D eigenvalue weighted by molar-refractivity contribution is 6.50. The van der Waals surface area contributed by atoms with E-state index in [4.69, 9.17) is 0 Å². The van der Waals surface area contributed by atoms with E-state index in [2.05, 4.69) is 14.0 Å². The van der Waals surface area contributed by atoms with Crippen molar-refractivity contribution in [1.29, 1.82) is 0 Å². The highest BCUT2D eigenvalue weighted by atomic mass is 19.5. The Morgan fingerprint density at radius 2 is 1.55 bits per heavy atom. The number of likely N-dealkylation sites (tertiary alicyclic amines) is 1. The Labute approximate surface area is 121 Å². The van der Waals surface area contributed by atoms with E-state index in [0.29, 0.717) is 0 Å². The van der Waals surface area contributed by atoms with Crippen LogP contribution in [0.1, 0.15) is 64.7 Å². The summed E-state index contributed by atoms with van der Waals surface area (Å²) in [4.78, 5) is 1.76. The van der Waals surface area contributed by atoms with Crippen molar-refractivity contribution in [3.05, 3.63) is 0 Å². The Morgan fingerprint density at radius 1 is 1.00 bits per heavy atom. The Kier molecular flexibility index (Phi) is 11.3. The largest absolute Gasteiger partial charge is 0.673 e. The smallest absolute Gasteiger partial charge is 0.418 e. The number of nitrogens with one attached hydrogen (secondary N) is 1. The number of rotatable bonds is 7. The molecule has 2 unspecified atom stereocenters. The molecule has 1 aliphatic rings. The molecule has 0 bridgehead atoms. The van der Waals surface area contributed by atoms with Gasteiger partial charge in [-0.05, 0) is 19.3 Å². The van der Waals surface area contributed by atoms with Gasteiger partial charge in [0.05, 0.1) is 20.1 Å². The first-order valence-corrected chi connectivity index (χ1v) is 8.01. The molecule has 1 nitrogen and oxygen atoms in total. The third-order valence-electron chi connectivity index (χ3n) is 3.82. The molecule has 0 radical (unpaired) electrons. The number of hydrogen-bond donors (Lipinski definition) is 1. The van der Waals surface area contributed by atoms with Crippen molar-refractivity contribution in [3.63, 3.8) is 0 Å². The summed E-state index contributed by atoms with van der Waals surface area (Å²) in [6.07, 6.45) is 13.2. The fourth-order valence-corrected chi connectivity index (χ4v) is 2.85. The minimum absolute atomic E-state index is 1.05. The first kappa shape index (κ1) is 19.7. The Bertz CT molecular complexity index is 218. The van der Waals surface area contributed by atoms with E-state index >= 15 is 0 Å². The molecule has 0 saturated carbocycles. The fraction of sp³-hybridized carbons (Fsp3) is 1.00. The van der Waals surface area contributed by atoms with Gasteiger partial charge in [0, 0.05) is 5.92 Å². The molecule has 2 atom stereocenters. The minimum Gasteiger partial charge on any atom is -0.418 e. The topological polar surface area (TPSA) is 4.44 Å². The second-order valence-corrected chi connectivity index (χ2v) is 5.97. The van der Waals surface area contributed by atoms with Gasteiger partial charge in [-0.3, -0.25) is 0 Å². The van der Waals surface area contributed by atoms with Crippen LogP contribution in [-0.2, 0) is 0 Å². The quantitative estimate of drug-likeness (QED) is 0.412. The van der Waals surface area contributed by atoms with E-state index in [-0.39, 0.29) is 0 Å². The number of halogens is 4. The predicted octanol–water partition coefficient (Wildman–Crippen LogP) is 3.96. The van der Waals surface area contributed by atoms with Crippen LogP contribution in [0.25, 0.3) is 0 Å². The molecule has 0 aromatic heterocycles. The van der Waals surface area contributed by atoms with Gasteiger partial charge < -0.3 is 22.2 Å². The first-order valence-electron chi connectivity index (χ1n) is 8.01. The second-order valence-electron chi connectivity index (χ2n) is 5.97. The summed E-state index contributed by atoms with van der Waals surface area (Å²) in [6, 6.07) is 0. The van der Waals surface area contributed by atoms with Crippen LogP contribution >= 0.6 is 0 Å². The molecule has 20 heavy (non-hydrogen) atoms. The van der Waals surface area contributed by atoms with Crippen LogP contribution in [0.5, 0.6) is 0 Å². The van der Waals surface area contributed by atoms with Crippen molar-refractivity contribution in [2.45, 2.75) is 64.7 Å². The molecule has 6 heteroatoms. The van der Waals surface area contributed by atoms with Crippen molar-refractivity contribution in [2.75, 3.05) is 20.1 Å². The van der Waals surface area contributed by atoms with Gasteiger partial charge in [0.15, 0.2) is 0 Å². The summed E-state index contributed by atoms with van der Waals surface area (Å²) in [5.74, 6) is 1.05. The van der Waals surface area contributed by atoms with Gasteiger partial charge in [0.1, 0.15) is 0 Å². The number of unbranched alkanes of at least 4 members (excludes halogenated alkanes) is 5. The maximum absolute atomic E-state index is 9.75. The number of hydrogen-bond acceptors (Lipinski definition) is 0. The van der Waals surface area contributed by atoms with E-state index in [0.717, 1.165) is 5.92 Å². The maximum atomic E-state index is 9.75. The predicted molar refractivity (Wildman–Crippen MR) is 77.5 cm³/mol. The Hall–Kier alpha value is -0.255. The average Bonchev–Trinajstić information content (AvgIpc) is 2.32. The number of piperidine rings is 1.